The standard InChI is InChI=1S/C18H15FINO/c1-12-15-5-3-4-6-16(15)17(22)21(12)11-18(2,19)13-7-9-14(20)10-8-13/h3-10H,1,11H2,2H3. The van der Waals surface area contributed by atoms with E-state index in [2.05, 4.69) is 29.2 Å². The number of halogens is 2. The number of hydrogen-bond acceptors (Lipinski definition) is 1. The first kappa shape index (κ1) is 15.2. The topological polar surface area (TPSA) is 20.3 Å². The third-order valence-corrected chi connectivity index (χ3v) is 4.66. The van der Waals surface area contributed by atoms with Gasteiger partial charge in [0.15, 0.2) is 5.67 Å². The number of nitrogens with zero attached hydrogens (tertiary/aromatic N) is 1. The lowest BCUT2D eigenvalue weighted by molar-refractivity contribution is 0.0742. The molecule has 112 valence electrons. The van der Waals surface area contributed by atoms with Gasteiger partial charge in [-0.05, 0) is 53.3 Å². The van der Waals surface area contributed by atoms with E-state index < -0.39 is 5.67 Å². The molecule has 0 radical (unpaired) electrons. The lowest BCUT2D eigenvalue weighted by atomic mass is 9.97. The molecule has 0 aliphatic carbocycles. The number of fused-ring (bicyclic) bond motifs is 1. The Hall–Kier alpha value is -1.69. The van der Waals surface area contributed by atoms with Crippen molar-refractivity contribution in [1.29, 1.82) is 0 Å². The van der Waals surface area contributed by atoms with Crippen LogP contribution in [0.5, 0.6) is 0 Å². The number of hydrogen-bond donors (Lipinski definition) is 0. The second-order valence-corrected chi connectivity index (χ2v) is 6.83. The SMILES string of the molecule is C=C1c2ccccc2C(=O)N1CC(C)(F)c1ccc(I)cc1. The van der Waals surface area contributed by atoms with Crippen molar-refractivity contribution in [3.63, 3.8) is 0 Å². The van der Waals surface area contributed by atoms with Crippen molar-refractivity contribution in [2.24, 2.45) is 0 Å². The Morgan fingerprint density at radius 1 is 1.14 bits per heavy atom. The van der Waals surface area contributed by atoms with E-state index in [0.717, 1.165) is 9.13 Å². The highest BCUT2D eigenvalue weighted by molar-refractivity contribution is 14.1. The van der Waals surface area contributed by atoms with Crippen LogP contribution in [0.2, 0.25) is 0 Å². The van der Waals surface area contributed by atoms with E-state index in [1.54, 1.807) is 24.3 Å². The molecule has 0 fully saturated rings. The fraction of sp³-hybridized carbons (Fsp3) is 0.167. The van der Waals surface area contributed by atoms with Crippen LogP contribution in [-0.4, -0.2) is 17.4 Å². The van der Waals surface area contributed by atoms with Crippen LogP contribution < -0.4 is 0 Å². The number of alkyl halides is 1. The van der Waals surface area contributed by atoms with Gasteiger partial charge in [-0.2, -0.15) is 0 Å². The minimum absolute atomic E-state index is 0.0417. The van der Waals surface area contributed by atoms with Crippen LogP contribution in [0.25, 0.3) is 5.70 Å². The van der Waals surface area contributed by atoms with Crippen molar-refractivity contribution in [2.45, 2.75) is 12.6 Å². The molecule has 0 spiro atoms. The molecule has 1 aliphatic heterocycles. The van der Waals surface area contributed by atoms with E-state index in [9.17, 15) is 4.79 Å². The molecule has 1 amide bonds. The third-order valence-electron chi connectivity index (χ3n) is 3.94. The lowest BCUT2D eigenvalue weighted by Crippen LogP contribution is -2.35. The number of carbonyl (C=O) groups excluding carboxylic acids is 1. The van der Waals surface area contributed by atoms with Crippen molar-refractivity contribution in [3.05, 3.63) is 75.4 Å². The Morgan fingerprint density at radius 2 is 1.73 bits per heavy atom. The van der Waals surface area contributed by atoms with Gasteiger partial charge in [-0.3, -0.25) is 4.79 Å². The summed E-state index contributed by atoms with van der Waals surface area (Å²) in [7, 11) is 0. The van der Waals surface area contributed by atoms with Gasteiger partial charge in [-0.25, -0.2) is 4.39 Å². The monoisotopic (exact) mass is 407 g/mol. The maximum absolute atomic E-state index is 15.1. The number of carbonyl (C=O) groups is 1. The second kappa shape index (κ2) is 5.50. The second-order valence-electron chi connectivity index (χ2n) is 5.59. The zero-order valence-corrected chi connectivity index (χ0v) is 14.3. The first-order valence-corrected chi connectivity index (χ1v) is 8.03. The van der Waals surface area contributed by atoms with Gasteiger partial charge in [-0.15, -0.1) is 0 Å². The van der Waals surface area contributed by atoms with Crippen molar-refractivity contribution >= 4 is 34.2 Å². The van der Waals surface area contributed by atoms with E-state index in [-0.39, 0.29) is 12.5 Å². The molecule has 1 aliphatic rings. The van der Waals surface area contributed by atoms with Crippen LogP contribution in [0.1, 0.15) is 28.4 Å². The summed E-state index contributed by atoms with van der Waals surface area (Å²) in [4.78, 5) is 13.9. The summed E-state index contributed by atoms with van der Waals surface area (Å²) in [5, 5.41) is 0. The molecule has 3 rings (SSSR count). The Morgan fingerprint density at radius 3 is 2.32 bits per heavy atom. The molecular formula is C18H15FINO. The maximum Gasteiger partial charge on any atom is 0.259 e. The molecule has 22 heavy (non-hydrogen) atoms. The van der Waals surface area contributed by atoms with E-state index in [0.29, 0.717) is 16.8 Å². The zero-order valence-electron chi connectivity index (χ0n) is 12.1. The molecule has 1 unspecified atom stereocenters. The molecule has 1 atom stereocenters. The van der Waals surface area contributed by atoms with Gasteiger partial charge in [0.05, 0.1) is 6.54 Å². The number of benzene rings is 2. The van der Waals surface area contributed by atoms with Gasteiger partial charge in [0.25, 0.3) is 5.91 Å². The highest BCUT2D eigenvalue weighted by Crippen LogP contribution is 2.36. The van der Waals surface area contributed by atoms with Crippen LogP contribution in [0.4, 0.5) is 4.39 Å². The average molecular weight is 407 g/mol. The third kappa shape index (κ3) is 2.56. The van der Waals surface area contributed by atoms with Crippen molar-refractivity contribution in [3.8, 4) is 0 Å². The van der Waals surface area contributed by atoms with Crippen LogP contribution in [0.3, 0.4) is 0 Å². The first-order chi connectivity index (χ1) is 10.4. The molecular weight excluding hydrogens is 392 g/mol. The lowest BCUT2D eigenvalue weighted by Gasteiger charge is -2.28. The molecule has 4 heteroatoms. The molecule has 0 aromatic heterocycles. The molecule has 0 bridgehead atoms. The van der Waals surface area contributed by atoms with Crippen LogP contribution in [-0.2, 0) is 5.67 Å². The van der Waals surface area contributed by atoms with Gasteiger partial charge < -0.3 is 4.90 Å². The van der Waals surface area contributed by atoms with E-state index in [4.69, 9.17) is 0 Å². The van der Waals surface area contributed by atoms with Gasteiger partial charge in [-0.1, -0.05) is 36.9 Å². The smallest absolute Gasteiger partial charge is 0.259 e. The molecule has 1 heterocycles. The van der Waals surface area contributed by atoms with Crippen molar-refractivity contribution < 1.29 is 9.18 Å². The maximum atomic E-state index is 15.1. The highest BCUT2D eigenvalue weighted by atomic mass is 127. The Kier molecular flexibility index (Phi) is 3.80. The van der Waals surface area contributed by atoms with Crippen LogP contribution in [0, 0.1) is 3.57 Å². The molecule has 0 saturated carbocycles. The van der Waals surface area contributed by atoms with E-state index >= 15 is 4.39 Å². The van der Waals surface area contributed by atoms with Gasteiger partial charge in [0.1, 0.15) is 0 Å². The summed E-state index contributed by atoms with van der Waals surface area (Å²) < 4.78 is 16.2. The molecule has 2 aromatic carbocycles. The molecule has 0 saturated heterocycles. The Balaban J connectivity index is 1.89. The summed E-state index contributed by atoms with van der Waals surface area (Å²) in [5.41, 5.74) is 0.863. The van der Waals surface area contributed by atoms with Gasteiger partial charge >= 0.3 is 0 Å². The average Bonchev–Trinajstić information content (AvgIpc) is 2.73. The minimum atomic E-state index is -1.63. The largest absolute Gasteiger partial charge is 0.305 e. The quantitative estimate of drug-likeness (QED) is 0.681. The molecule has 2 nitrogen and oxygen atoms in total. The summed E-state index contributed by atoms with van der Waals surface area (Å²) >= 11 is 2.18. The van der Waals surface area contributed by atoms with Crippen molar-refractivity contribution in [2.75, 3.05) is 6.54 Å². The van der Waals surface area contributed by atoms with Gasteiger partial charge in [0.2, 0.25) is 0 Å². The molecule has 2 aromatic rings. The van der Waals surface area contributed by atoms with E-state index in [1.807, 2.05) is 24.3 Å². The summed E-state index contributed by atoms with van der Waals surface area (Å²) in [5.74, 6) is -0.185. The number of amides is 1. The summed E-state index contributed by atoms with van der Waals surface area (Å²) in [6, 6.07) is 14.5. The predicted octanol–water partition coefficient (Wildman–Crippen LogP) is 4.60. The van der Waals surface area contributed by atoms with Gasteiger partial charge in [0, 0.05) is 20.4 Å². The minimum Gasteiger partial charge on any atom is -0.305 e. The Bertz CT molecular complexity index is 717. The predicted molar refractivity (Wildman–Crippen MR) is 94.1 cm³/mol. The molecule has 0 N–H and O–H groups in total. The number of rotatable bonds is 3. The summed E-state index contributed by atoms with van der Waals surface area (Å²) in [6.45, 7) is 5.41. The van der Waals surface area contributed by atoms with Crippen LogP contribution >= 0.6 is 22.6 Å². The van der Waals surface area contributed by atoms with Crippen molar-refractivity contribution in [1.82, 2.24) is 4.90 Å². The zero-order chi connectivity index (χ0) is 15.9. The fourth-order valence-corrected chi connectivity index (χ4v) is 3.05. The highest BCUT2D eigenvalue weighted by Gasteiger charge is 2.37. The summed E-state index contributed by atoms with van der Waals surface area (Å²) in [6.07, 6.45) is 0. The normalized spacial score (nSPS) is 16.6. The fourth-order valence-electron chi connectivity index (χ4n) is 2.69. The van der Waals surface area contributed by atoms with E-state index in [1.165, 1.54) is 11.8 Å². The Labute approximate surface area is 142 Å². The first-order valence-electron chi connectivity index (χ1n) is 6.95. The van der Waals surface area contributed by atoms with Crippen LogP contribution in [0.15, 0.2) is 55.1 Å².